The molecule has 1 fully saturated rings. The Bertz CT molecular complexity index is 204. The van der Waals surface area contributed by atoms with Gasteiger partial charge in [-0.15, -0.1) is 0 Å². The molecule has 5 heteroatoms. The first kappa shape index (κ1) is 9.60. The SMILES string of the molecule is CC(=O)[C@@]1(O)O[C@H](C)[C@@H](O)[C@H]1O. The Labute approximate surface area is 69.6 Å². The molecule has 0 saturated carbocycles. The Morgan fingerprint density at radius 3 is 2.17 bits per heavy atom. The lowest BCUT2D eigenvalue weighted by atomic mass is 10.0. The normalized spacial score (nSPS) is 47.9. The van der Waals surface area contributed by atoms with Crippen LogP contribution < -0.4 is 0 Å². The van der Waals surface area contributed by atoms with E-state index >= 15 is 0 Å². The Hall–Kier alpha value is -0.490. The van der Waals surface area contributed by atoms with Crippen molar-refractivity contribution in [2.24, 2.45) is 0 Å². The van der Waals surface area contributed by atoms with E-state index in [9.17, 15) is 15.0 Å². The number of ketones is 1. The first-order valence-electron chi connectivity index (χ1n) is 3.67. The van der Waals surface area contributed by atoms with Gasteiger partial charge in [-0.1, -0.05) is 0 Å². The van der Waals surface area contributed by atoms with E-state index in [0.29, 0.717) is 0 Å². The molecule has 0 amide bonds. The second kappa shape index (κ2) is 2.77. The maximum Gasteiger partial charge on any atom is 0.256 e. The number of aliphatic hydroxyl groups is 3. The molecule has 5 nitrogen and oxygen atoms in total. The summed E-state index contributed by atoms with van der Waals surface area (Å²) in [4.78, 5) is 10.8. The summed E-state index contributed by atoms with van der Waals surface area (Å²) >= 11 is 0. The molecular formula is C7H12O5. The minimum atomic E-state index is -2.24. The average Bonchev–Trinajstić information content (AvgIpc) is 2.17. The Morgan fingerprint density at radius 2 is 2.00 bits per heavy atom. The third-order valence-corrected chi connectivity index (χ3v) is 2.08. The molecule has 3 N–H and O–H groups in total. The van der Waals surface area contributed by atoms with Crippen molar-refractivity contribution < 1.29 is 24.9 Å². The van der Waals surface area contributed by atoms with Gasteiger partial charge in [0.1, 0.15) is 12.2 Å². The number of hydrogen-bond acceptors (Lipinski definition) is 5. The zero-order valence-electron chi connectivity index (χ0n) is 6.89. The highest BCUT2D eigenvalue weighted by Gasteiger charge is 2.54. The molecule has 0 radical (unpaired) electrons. The van der Waals surface area contributed by atoms with Gasteiger partial charge in [-0.05, 0) is 6.92 Å². The summed E-state index contributed by atoms with van der Waals surface area (Å²) in [5, 5.41) is 27.8. The molecule has 0 aromatic carbocycles. The Kier molecular flexibility index (Phi) is 2.22. The maximum atomic E-state index is 10.8. The van der Waals surface area contributed by atoms with E-state index in [0.717, 1.165) is 6.92 Å². The van der Waals surface area contributed by atoms with Crippen LogP contribution in [0.5, 0.6) is 0 Å². The van der Waals surface area contributed by atoms with Crippen molar-refractivity contribution in [1.29, 1.82) is 0 Å². The topological polar surface area (TPSA) is 87.0 Å². The van der Waals surface area contributed by atoms with E-state index in [2.05, 4.69) is 0 Å². The minimum Gasteiger partial charge on any atom is -0.387 e. The van der Waals surface area contributed by atoms with Crippen molar-refractivity contribution in [3.63, 3.8) is 0 Å². The van der Waals surface area contributed by atoms with Crippen molar-refractivity contribution in [2.75, 3.05) is 0 Å². The monoisotopic (exact) mass is 176 g/mol. The van der Waals surface area contributed by atoms with Gasteiger partial charge >= 0.3 is 0 Å². The number of aliphatic hydroxyl groups excluding tert-OH is 2. The van der Waals surface area contributed by atoms with Crippen molar-refractivity contribution in [1.82, 2.24) is 0 Å². The zero-order chi connectivity index (χ0) is 9.52. The van der Waals surface area contributed by atoms with Gasteiger partial charge in [-0.3, -0.25) is 4.79 Å². The average molecular weight is 176 g/mol. The van der Waals surface area contributed by atoms with Crippen LogP contribution in [0.2, 0.25) is 0 Å². The summed E-state index contributed by atoms with van der Waals surface area (Å²) in [6.45, 7) is 2.56. The van der Waals surface area contributed by atoms with Crippen LogP contribution in [-0.4, -0.2) is 45.2 Å². The predicted octanol–water partition coefficient (Wildman–Crippen LogP) is -1.60. The number of rotatable bonds is 1. The number of carbonyl (C=O) groups excluding carboxylic acids is 1. The van der Waals surface area contributed by atoms with Gasteiger partial charge < -0.3 is 20.1 Å². The van der Waals surface area contributed by atoms with Gasteiger partial charge in [0, 0.05) is 6.92 Å². The molecule has 1 aliphatic heterocycles. The summed E-state index contributed by atoms with van der Waals surface area (Å²) in [6, 6.07) is 0. The van der Waals surface area contributed by atoms with Crippen LogP contribution in [0, 0.1) is 0 Å². The molecule has 1 saturated heterocycles. The van der Waals surface area contributed by atoms with Crippen molar-refractivity contribution >= 4 is 5.78 Å². The molecule has 70 valence electrons. The van der Waals surface area contributed by atoms with Crippen LogP contribution in [0.1, 0.15) is 13.8 Å². The van der Waals surface area contributed by atoms with E-state index in [1.165, 1.54) is 6.92 Å². The maximum absolute atomic E-state index is 10.8. The second-order valence-corrected chi connectivity index (χ2v) is 3.01. The van der Waals surface area contributed by atoms with Gasteiger partial charge in [-0.25, -0.2) is 0 Å². The van der Waals surface area contributed by atoms with Crippen LogP contribution in [0.4, 0.5) is 0 Å². The minimum absolute atomic E-state index is 0.710. The van der Waals surface area contributed by atoms with Gasteiger partial charge in [-0.2, -0.15) is 0 Å². The Morgan fingerprint density at radius 1 is 1.50 bits per heavy atom. The molecule has 0 aliphatic carbocycles. The molecule has 12 heavy (non-hydrogen) atoms. The lowest BCUT2D eigenvalue weighted by Gasteiger charge is -2.21. The zero-order valence-corrected chi connectivity index (χ0v) is 6.89. The largest absolute Gasteiger partial charge is 0.387 e. The molecule has 1 rings (SSSR count). The van der Waals surface area contributed by atoms with E-state index in [1.54, 1.807) is 0 Å². The Balaban J connectivity index is 2.89. The van der Waals surface area contributed by atoms with E-state index < -0.39 is 29.9 Å². The molecule has 0 bridgehead atoms. The second-order valence-electron chi connectivity index (χ2n) is 3.01. The molecule has 1 heterocycles. The fourth-order valence-corrected chi connectivity index (χ4v) is 1.20. The molecule has 0 unspecified atom stereocenters. The fraction of sp³-hybridized carbons (Fsp3) is 0.857. The summed E-state index contributed by atoms with van der Waals surface area (Å²) in [5.41, 5.74) is 0. The summed E-state index contributed by atoms with van der Waals surface area (Å²) in [7, 11) is 0. The molecule has 0 aromatic heterocycles. The first-order valence-corrected chi connectivity index (χ1v) is 3.67. The van der Waals surface area contributed by atoms with Gasteiger partial charge in [0.05, 0.1) is 6.10 Å². The first-order chi connectivity index (χ1) is 5.39. The molecule has 4 atom stereocenters. The van der Waals surface area contributed by atoms with E-state index in [4.69, 9.17) is 9.84 Å². The van der Waals surface area contributed by atoms with Gasteiger partial charge in [0.2, 0.25) is 0 Å². The molecule has 1 aliphatic rings. The number of hydrogen-bond donors (Lipinski definition) is 3. The molecule has 0 spiro atoms. The highest BCUT2D eigenvalue weighted by Crippen LogP contribution is 2.29. The number of ether oxygens (including phenoxy) is 1. The fourth-order valence-electron chi connectivity index (χ4n) is 1.20. The smallest absolute Gasteiger partial charge is 0.256 e. The van der Waals surface area contributed by atoms with Gasteiger partial charge in [0.15, 0.2) is 5.78 Å². The van der Waals surface area contributed by atoms with E-state index in [1.807, 2.05) is 0 Å². The predicted molar refractivity (Wildman–Crippen MR) is 38.2 cm³/mol. The van der Waals surface area contributed by atoms with Crippen molar-refractivity contribution in [2.45, 2.75) is 37.9 Å². The van der Waals surface area contributed by atoms with Crippen LogP contribution in [0.25, 0.3) is 0 Å². The van der Waals surface area contributed by atoms with Gasteiger partial charge in [0.25, 0.3) is 5.79 Å². The third-order valence-electron chi connectivity index (χ3n) is 2.08. The number of Topliss-reactive ketones (excluding diaryl/α,β-unsaturated/α-hetero) is 1. The quantitative estimate of drug-likeness (QED) is 0.448. The van der Waals surface area contributed by atoms with Crippen LogP contribution in [0.3, 0.4) is 0 Å². The summed E-state index contributed by atoms with van der Waals surface area (Å²) in [5.74, 6) is -2.95. The lowest BCUT2D eigenvalue weighted by molar-refractivity contribution is -0.218. The summed E-state index contributed by atoms with van der Waals surface area (Å²) < 4.78 is 4.74. The lowest BCUT2D eigenvalue weighted by Crippen LogP contribution is -2.48. The number of carbonyl (C=O) groups is 1. The van der Waals surface area contributed by atoms with Crippen LogP contribution in [0.15, 0.2) is 0 Å². The standard InChI is InChI=1S/C7H12O5/c1-3-5(9)6(10)7(11,12-3)4(2)8/h3,5-6,9-11H,1-2H3/t3-,5-,6-,7-/m1/s1. The van der Waals surface area contributed by atoms with Crippen LogP contribution >= 0.6 is 0 Å². The van der Waals surface area contributed by atoms with Crippen molar-refractivity contribution in [3.05, 3.63) is 0 Å². The third kappa shape index (κ3) is 1.15. The highest BCUT2D eigenvalue weighted by atomic mass is 16.7. The van der Waals surface area contributed by atoms with Crippen LogP contribution in [-0.2, 0) is 9.53 Å². The van der Waals surface area contributed by atoms with E-state index in [-0.39, 0.29) is 0 Å². The summed E-state index contributed by atoms with van der Waals surface area (Å²) in [6.07, 6.45) is -3.53. The highest BCUT2D eigenvalue weighted by molar-refractivity contribution is 5.84. The molecular weight excluding hydrogens is 164 g/mol. The molecule has 0 aromatic rings. The van der Waals surface area contributed by atoms with Crippen molar-refractivity contribution in [3.8, 4) is 0 Å².